The predicted molar refractivity (Wildman–Crippen MR) is 119 cm³/mol. The molecular formula is C19H10BrCl2N3O2S. The molecule has 9 heteroatoms. The number of halogens is 3. The molecule has 0 amide bonds. The highest BCUT2D eigenvalue weighted by atomic mass is 79.9. The summed E-state index contributed by atoms with van der Waals surface area (Å²) >= 11 is 16.8. The van der Waals surface area contributed by atoms with Crippen molar-refractivity contribution < 1.29 is 4.42 Å². The molecule has 0 aliphatic heterocycles. The van der Waals surface area contributed by atoms with E-state index in [2.05, 4.69) is 31.4 Å². The molecule has 0 saturated heterocycles. The Kier molecular flexibility index (Phi) is 5.50. The van der Waals surface area contributed by atoms with E-state index in [1.165, 1.54) is 17.4 Å². The van der Waals surface area contributed by atoms with Crippen LogP contribution in [0.15, 0.2) is 67.4 Å². The first-order valence-electron chi connectivity index (χ1n) is 7.93. The first kappa shape index (κ1) is 19.1. The molecule has 28 heavy (non-hydrogen) atoms. The minimum atomic E-state index is -0.495. The molecule has 0 saturated carbocycles. The van der Waals surface area contributed by atoms with Crippen LogP contribution in [0.1, 0.15) is 5.56 Å². The zero-order valence-electron chi connectivity index (χ0n) is 13.9. The molecule has 2 aromatic heterocycles. The van der Waals surface area contributed by atoms with E-state index in [4.69, 9.17) is 27.6 Å². The number of nitrogens with one attached hydrogen (secondary N) is 1. The van der Waals surface area contributed by atoms with Gasteiger partial charge < -0.3 is 4.42 Å². The fraction of sp³-hybridized carbons (Fsp3) is 0. The Morgan fingerprint density at radius 2 is 1.96 bits per heavy atom. The summed E-state index contributed by atoms with van der Waals surface area (Å²) in [5.41, 5.74) is 4.00. The molecule has 4 aromatic rings. The van der Waals surface area contributed by atoms with Crippen molar-refractivity contribution in [1.82, 2.24) is 4.98 Å². The summed E-state index contributed by atoms with van der Waals surface area (Å²) in [7, 11) is 0. The fourth-order valence-corrected chi connectivity index (χ4v) is 4.07. The number of hydrogen-bond donors (Lipinski definition) is 1. The summed E-state index contributed by atoms with van der Waals surface area (Å²) in [5, 5.41) is 6.11. The molecule has 2 heterocycles. The van der Waals surface area contributed by atoms with Crippen LogP contribution in [0.5, 0.6) is 0 Å². The zero-order valence-corrected chi connectivity index (χ0v) is 17.9. The summed E-state index contributed by atoms with van der Waals surface area (Å²) in [6.07, 6.45) is 3.27. The SMILES string of the molecule is O=c1oc2c(Cl)cc(Cl)cc2cc1-c1cnc(NN=Cc2ccc(Br)cc2)s1. The van der Waals surface area contributed by atoms with Crippen molar-refractivity contribution in [2.45, 2.75) is 0 Å². The lowest BCUT2D eigenvalue weighted by Gasteiger charge is -2.02. The number of benzene rings is 2. The number of aromatic nitrogens is 1. The van der Waals surface area contributed by atoms with Crippen LogP contribution in [-0.2, 0) is 0 Å². The van der Waals surface area contributed by atoms with Crippen LogP contribution in [-0.4, -0.2) is 11.2 Å². The number of nitrogens with zero attached hydrogens (tertiary/aromatic N) is 2. The average Bonchev–Trinajstić information content (AvgIpc) is 3.12. The highest BCUT2D eigenvalue weighted by Crippen LogP contribution is 2.32. The highest BCUT2D eigenvalue weighted by Gasteiger charge is 2.13. The number of rotatable bonds is 4. The van der Waals surface area contributed by atoms with Crippen molar-refractivity contribution >= 4 is 72.8 Å². The average molecular weight is 495 g/mol. The van der Waals surface area contributed by atoms with Crippen LogP contribution in [0.2, 0.25) is 10.0 Å². The monoisotopic (exact) mass is 493 g/mol. The van der Waals surface area contributed by atoms with Gasteiger partial charge in [-0.3, -0.25) is 5.43 Å². The maximum absolute atomic E-state index is 12.4. The lowest BCUT2D eigenvalue weighted by molar-refractivity contribution is 0.564. The molecule has 0 fully saturated rings. The van der Waals surface area contributed by atoms with E-state index in [-0.39, 0.29) is 0 Å². The van der Waals surface area contributed by atoms with Gasteiger partial charge >= 0.3 is 5.63 Å². The third-order valence-electron chi connectivity index (χ3n) is 3.77. The van der Waals surface area contributed by atoms with Crippen molar-refractivity contribution in [2.75, 3.05) is 5.43 Å². The van der Waals surface area contributed by atoms with E-state index in [1.807, 2.05) is 24.3 Å². The highest BCUT2D eigenvalue weighted by molar-refractivity contribution is 9.10. The molecular weight excluding hydrogens is 485 g/mol. The van der Waals surface area contributed by atoms with Gasteiger partial charge in [0.15, 0.2) is 5.58 Å². The number of hydrogen-bond acceptors (Lipinski definition) is 6. The first-order valence-corrected chi connectivity index (χ1v) is 10.3. The molecule has 1 N–H and O–H groups in total. The third-order valence-corrected chi connectivity index (χ3v) is 5.73. The van der Waals surface area contributed by atoms with Crippen molar-refractivity contribution in [3.05, 3.63) is 79.2 Å². The topological polar surface area (TPSA) is 67.5 Å². The Hall–Kier alpha value is -2.19. The quantitative estimate of drug-likeness (QED) is 0.201. The van der Waals surface area contributed by atoms with Gasteiger partial charge in [0.2, 0.25) is 5.13 Å². The Morgan fingerprint density at radius 3 is 2.75 bits per heavy atom. The standard InChI is InChI=1S/C19H10BrCl2N3O2S/c20-12-3-1-10(2-4-12)8-24-25-19-23-9-16(28-19)14-6-11-5-13(21)7-15(22)17(11)27-18(14)26/h1-9H,(H,23,25). The van der Waals surface area contributed by atoms with Crippen molar-refractivity contribution in [2.24, 2.45) is 5.10 Å². The second kappa shape index (κ2) is 8.05. The minimum Gasteiger partial charge on any atom is -0.421 e. The number of hydrazone groups is 1. The molecule has 0 radical (unpaired) electrons. The molecule has 2 aromatic carbocycles. The normalized spacial score (nSPS) is 11.4. The predicted octanol–water partition coefficient (Wildman–Crippen LogP) is 6.43. The molecule has 0 bridgehead atoms. The molecule has 140 valence electrons. The van der Waals surface area contributed by atoms with Crippen molar-refractivity contribution in [3.63, 3.8) is 0 Å². The Morgan fingerprint density at radius 1 is 1.18 bits per heavy atom. The number of fused-ring (bicyclic) bond motifs is 1. The lowest BCUT2D eigenvalue weighted by atomic mass is 10.1. The van der Waals surface area contributed by atoms with Crippen LogP contribution in [0.4, 0.5) is 5.13 Å². The largest absolute Gasteiger partial charge is 0.421 e. The van der Waals surface area contributed by atoms with E-state index in [0.717, 1.165) is 10.0 Å². The van der Waals surface area contributed by atoms with Gasteiger partial charge in [-0.2, -0.15) is 5.10 Å². The van der Waals surface area contributed by atoms with Gasteiger partial charge in [0.05, 0.1) is 21.7 Å². The molecule has 4 rings (SSSR count). The van der Waals surface area contributed by atoms with Gasteiger partial charge in [-0.1, -0.05) is 62.6 Å². The lowest BCUT2D eigenvalue weighted by Crippen LogP contribution is -2.01. The third kappa shape index (κ3) is 4.12. The zero-order chi connectivity index (χ0) is 19.7. The second-order valence-corrected chi connectivity index (χ2v) is 8.49. The molecule has 0 spiro atoms. The van der Waals surface area contributed by atoms with Gasteiger partial charge in [0.25, 0.3) is 0 Å². The molecule has 0 unspecified atom stereocenters. The maximum atomic E-state index is 12.4. The summed E-state index contributed by atoms with van der Waals surface area (Å²) in [5.74, 6) is 0. The summed E-state index contributed by atoms with van der Waals surface area (Å²) in [6.45, 7) is 0. The van der Waals surface area contributed by atoms with Crippen LogP contribution in [0.3, 0.4) is 0 Å². The number of thiazole rings is 1. The van der Waals surface area contributed by atoms with Gasteiger partial charge in [0, 0.05) is 21.1 Å². The molecule has 0 aliphatic carbocycles. The molecule has 0 atom stereocenters. The second-order valence-electron chi connectivity index (χ2n) is 5.70. The van der Waals surface area contributed by atoms with Crippen LogP contribution in [0, 0.1) is 0 Å². The number of anilines is 1. The van der Waals surface area contributed by atoms with Gasteiger partial charge in [-0.25, -0.2) is 9.78 Å². The Balaban J connectivity index is 1.59. The maximum Gasteiger partial charge on any atom is 0.345 e. The molecule has 5 nitrogen and oxygen atoms in total. The van der Waals surface area contributed by atoms with Crippen molar-refractivity contribution in [1.29, 1.82) is 0 Å². The van der Waals surface area contributed by atoms with E-state index >= 15 is 0 Å². The van der Waals surface area contributed by atoms with E-state index in [1.54, 1.807) is 24.5 Å². The molecule has 0 aliphatic rings. The van der Waals surface area contributed by atoms with Crippen LogP contribution in [0.25, 0.3) is 21.4 Å². The van der Waals surface area contributed by atoms with E-state index in [0.29, 0.717) is 36.6 Å². The van der Waals surface area contributed by atoms with E-state index < -0.39 is 5.63 Å². The summed E-state index contributed by atoms with van der Waals surface area (Å²) in [6, 6.07) is 12.6. The van der Waals surface area contributed by atoms with Gasteiger partial charge in [-0.05, 0) is 35.9 Å². The van der Waals surface area contributed by atoms with Crippen LogP contribution >= 0.6 is 50.5 Å². The minimum absolute atomic E-state index is 0.292. The van der Waals surface area contributed by atoms with E-state index in [9.17, 15) is 4.79 Å². The van der Waals surface area contributed by atoms with Crippen LogP contribution < -0.4 is 11.1 Å². The van der Waals surface area contributed by atoms with Crippen molar-refractivity contribution in [3.8, 4) is 10.4 Å². The smallest absolute Gasteiger partial charge is 0.345 e. The Labute approximate surface area is 181 Å². The van der Waals surface area contributed by atoms with Gasteiger partial charge in [0.1, 0.15) is 0 Å². The van der Waals surface area contributed by atoms with Gasteiger partial charge in [-0.15, -0.1) is 0 Å². The summed E-state index contributed by atoms with van der Waals surface area (Å²) in [4.78, 5) is 17.3. The Bertz CT molecular complexity index is 1250. The fourth-order valence-electron chi connectivity index (χ4n) is 2.49. The first-order chi connectivity index (χ1) is 13.5. The summed E-state index contributed by atoms with van der Waals surface area (Å²) < 4.78 is 6.37.